The topological polar surface area (TPSA) is 29.5 Å². The van der Waals surface area contributed by atoms with Gasteiger partial charge in [-0.3, -0.25) is 0 Å². The van der Waals surface area contributed by atoms with Gasteiger partial charge in [0, 0.05) is 0 Å². The van der Waals surface area contributed by atoms with Gasteiger partial charge in [0.1, 0.15) is 17.2 Å². The molecular weight excluding hydrogens is 260 g/mol. The molecule has 3 aromatic rings. The van der Waals surface area contributed by atoms with Crippen LogP contribution in [0, 0.1) is 6.92 Å². The van der Waals surface area contributed by atoms with Crippen molar-refractivity contribution >= 4 is 0 Å². The molecule has 0 aliphatic carbocycles. The molecule has 3 aromatic carbocycles. The summed E-state index contributed by atoms with van der Waals surface area (Å²) in [6.45, 7) is 1.99. The summed E-state index contributed by atoms with van der Waals surface area (Å²) in [7, 11) is 0. The van der Waals surface area contributed by atoms with Crippen LogP contribution >= 0.6 is 0 Å². The fourth-order valence-electron chi connectivity index (χ4n) is 1.66. The van der Waals surface area contributed by atoms with Crippen molar-refractivity contribution in [2.45, 2.75) is 6.92 Å². The Bertz CT molecular complexity index is 573. The summed E-state index contributed by atoms with van der Waals surface area (Å²) in [5, 5.41) is 8.76. The number of phenols is 1. The van der Waals surface area contributed by atoms with Crippen molar-refractivity contribution in [3.63, 3.8) is 0 Å². The number of aryl methyl sites for hydroxylation is 1. The van der Waals surface area contributed by atoms with Crippen LogP contribution in [-0.2, 0) is 0 Å². The summed E-state index contributed by atoms with van der Waals surface area (Å²) in [6, 6.07) is 26.6. The second kappa shape index (κ2) is 7.75. The van der Waals surface area contributed by atoms with Crippen LogP contribution in [0.15, 0.2) is 84.9 Å². The lowest BCUT2D eigenvalue weighted by Crippen LogP contribution is -1.81. The van der Waals surface area contributed by atoms with E-state index in [4.69, 9.17) is 9.84 Å². The van der Waals surface area contributed by atoms with Crippen LogP contribution in [0.3, 0.4) is 0 Å². The van der Waals surface area contributed by atoms with Crippen LogP contribution in [0.2, 0.25) is 0 Å². The van der Waals surface area contributed by atoms with E-state index < -0.39 is 0 Å². The third-order valence-electron chi connectivity index (χ3n) is 2.76. The third-order valence-corrected chi connectivity index (χ3v) is 2.76. The minimum absolute atomic E-state index is 0.329. The molecule has 0 bridgehead atoms. The second-order valence-electron chi connectivity index (χ2n) is 4.56. The van der Waals surface area contributed by atoms with E-state index >= 15 is 0 Å². The Morgan fingerprint density at radius 3 is 1.43 bits per heavy atom. The van der Waals surface area contributed by atoms with Crippen LogP contribution in [-0.4, -0.2) is 5.11 Å². The number of rotatable bonds is 2. The standard InChI is InChI=1S/C12H10O.C7H8O/c1-3-7-11(8-4-1)13-12-9-5-2-6-10-12;1-6-2-4-7(8)5-3-6/h1-10H;2-5,8H,1H3. The number of hydrogen-bond acceptors (Lipinski definition) is 2. The molecule has 1 N–H and O–H groups in total. The molecule has 0 unspecified atom stereocenters. The number of hydrogen-bond donors (Lipinski definition) is 1. The molecular formula is C19H18O2. The first-order valence-electron chi connectivity index (χ1n) is 6.77. The van der Waals surface area contributed by atoms with E-state index in [1.165, 1.54) is 5.56 Å². The first-order valence-corrected chi connectivity index (χ1v) is 6.77. The molecule has 0 aliphatic heterocycles. The van der Waals surface area contributed by atoms with Crippen molar-refractivity contribution in [1.82, 2.24) is 0 Å². The lowest BCUT2D eigenvalue weighted by molar-refractivity contribution is 0.475. The number of benzene rings is 3. The lowest BCUT2D eigenvalue weighted by Gasteiger charge is -2.03. The fraction of sp³-hybridized carbons (Fsp3) is 0.0526. The summed E-state index contributed by atoms with van der Waals surface area (Å²) in [6.07, 6.45) is 0. The Labute approximate surface area is 125 Å². The number of aromatic hydroxyl groups is 1. The van der Waals surface area contributed by atoms with Gasteiger partial charge in [0.2, 0.25) is 0 Å². The molecule has 0 atom stereocenters. The van der Waals surface area contributed by atoms with Crippen molar-refractivity contribution in [1.29, 1.82) is 0 Å². The molecule has 0 aromatic heterocycles. The first kappa shape index (κ1) is 14.7. The van der Waals surface area contributed by atoms with Gasteiger partial charge in [-0.05, 0) is 43.3 Å². The van der Waals surface area contributed by atoms with E-state index in [1.54, 1.807) is 12.1 Å². The fourth-order valence-corrected chi connectivity index (χ4v) is 1.66. The summed E-state index contributed by atoms with van der Waals surface area (Å²) in [5.41, 5.74) is 1.17. The molecule has 0 heterocycles. The van der Waals surface area contributed by atoms with E-state index in [-0.39, 0.29) is 0 Å². The minimum Gasteiger partial charge on any atom is -0.508 e. The number of para-hydroxylation sites is 2. The highest BCUT2D eigenvalue weighted by molar-refractivity contribution is 5.30. The van der Waals surface area contributed by atoms with Gasteiger partial charge in [0.25, 0.3) is 0 Å². The molecule has 0 radical (unpaired) electrons. The van der Waals surface area contributed by atoms with Gasteiger partial charge < -0.3 is 9.84 Å². The van der Waals surface area contributed by atoms with Crippen molar-refractivity contribution in [3.8, 4) is 17.2 Å². The highest BCUT2D eigenvalue weighted by Crippen LogP contribution is 2.19. The molecule has 0 aliphatic rings. The van der Waals surface area contributed by atoms with E-state index in [0.29, 0.717) is 5.75 Å². The zero-order valence-electron chi connectivity index (χ0n) is 11.9. The molecule has 106 valence electrons. The van der Waals surface area contributed by atoms with Gasteiger partial charge in [0.05, 0.1) is 0 Å². The molecule has 0 amide bonds. The monoisotopic (exact) mass is 278 g/mol. The Morgan fingerprint density at radius 1 is 0.619 bits per heavy atom. The minimum atomic E-state index is 0.329. The van der Waals surface area contributed by atoms with Crippen LogP contribution in [0.25, 0.3) is 0 Å². The van der Waals surface area contributed by atoms with Gasteiger partial charge in [-0.2, -0.15) is 0 Å². The highest BCUT2D eigenvalue weighted by atomic mass is 16.5. The van der Waals surface area contributed by atoms with Gasteiger partial charge >= 0.3 is 0 Å². The molecule has 3 rings (SSSR count). The molecule has 0 saturated carbocycles. The zero-order valence-corrected chi connectivity index (χ0v) is 11.9. The predicted molar refractivity (Wildman–Crippen MR) is 85.8 cm³/mol. The van der Waals surface area contributed by atoms with Crippen LogP contribution < -0.4 is 4.74 Å². The smallest absolute Gasteiger partial charge is 0.127 e. The van der Waals surface area contributed by atoms with E-state index in [0.717, 1.165) is 11.5 Å². The molecule has 0 spiro atoms. The van der Waals surface area contributed by atoms with Crippen LogP contribution in [0.1, 0.15) is 5.56 Å². The van der Waals surface area contributed by atoms with Crippen molar-refractivity contribution in [2.75, 3.05) is 0 Å². The largest absolute Gasteiger partial charge is 0.508 e. The Morgan fingerprint density at radius 2 is 1.05 bits per heavy atom. The van der Waals surface area contributed by atoms with Crippen molar-refractivity contribution < 1.29 is 9.84 Å². The average Bonchev–Trinajstić information content (AvgIpc) is 2.53. The summed E-state index contributed by atoms with van der Waals surface area (Å²) < 4.78 is 5.58. The van der Waals surface area contributed by atoms with E-state index in [1.807, 2.05) is 79.7 Å². The Balaban J connectivity index is 0.000000173. The van der Waals surface area contributed by atoms with Gasteiger partial charge in [0.15, 0.2) is 0 Å². The summed E-state index contributed by atoms with van der Waals surface area (Å²) in [5.74, 6) is 2.07. The van der Waals surface area contributed by atoms with Crippen molar-refractivity contribution in [2.24, 2.45) is 0 Å². The predicted octanol–water partition coefficient (Wildman–Crippen LogP) is 5.18. The van der Waals surface area contributed by atoms with Crippen LogP contribution in [0.5, 0.6) is 17.2 Å². The maximum absolute atomic E-state index is 8.76. The van der Waals surface area contributed by atoms with E-state index in [2.05, 4.69) is 0 Å². The second-order valence-corrected chi connectivity index (χ2v) is 4.56. The summed E-state index contributed by atoms with van der Waals surface area (Å²) >= 11 is 0. The molecule has 0 fully saturated rings. The SMILES string of the molecule is Cc1ccc(O)cc1.c1ccc(Oc2ccccc2)cc1. The zero-order chi connectivity index (χ0) is 14.9. The number of phenolic OH excluding ortho intramolecular Hbond substituents is 1. The quantitative estimate of drug-likeness (QED) is 0.700. The van der Waals surface area contributed by atoms with Gasteiger partial charge in [-0.25, -0.2) is 0 Å². The van der Waals surface area contributed by atoms with Gasteiger partial charge in [-0.15, -0.1) is 0 Å². The first-order chi connectivity index (χ1) is 10.2. The average molecular weight is 278 g/mol. The van der Waals surface area contributed by atoms with Gasteiger partial charge in [-0.1, -0.05) is 54.1 Å². The number of ether oxygens (including phenoxy) is 1. The van der Waals surface area contributed by atoms with E-state index in [9.17, 15) is 0 Å². The molecule has 2 nitrogen and oxygen atoms in total. The van der Waals surface area contributed by atoms with Crippen molar-refractivity contribution in [3.05, 3.63) is 90.5 Å². The normalized spacial score (nSPS) is 9.38. The highest BCUT2D eigenvalue weighted by Gasteiger charge is 1.92. The maximum atomic E-state index is 8.76. The maximum Gasteiger partial charge on any atom is 0.127 e. The lowest BCUT2D eigenvalue weighted by atomic mass is 10.2. The Kier molecular flexibility index (Phi) is 5.41. The van der Waals surface area contributed by atoms with Crippen LogP contribution in [0.4, 0.5) is 0 Å². The molecule has 0 saturated heterocycles. The Hall–Kier alpha value is -2.74. The molecule has 21 heavy (non-hydrogen) atoms. The third kappa shape index (κ3) is 5.41. The molecule has 2 heteroatoms. The summed E-state index contributed by atoms with van der Waals surface area (Å²) in [4.78, 5) is 0.